The van der Waals surface area contributed by atoms with Gasteiger partial charge in [0, 0.05) is 17.3 Å². The molecule has 1 aliphatic rings. The second-order valence-electron chi connectivity index (χ2n) is 9.33. The topological polar surface area (TPSA) is 134 Å². The van der Waals surface area contributed by atoms with Crippen LogP contribution in [0, 0.1) is 0 Å². The monoisotopic (exact) mass is 584 g/mol. The Hall–Kier alpha value is -5.16. The summed E-state index contributed by atoms with van der Waals surface area (Å²) in [6.45, 7) is 1.52. The molecule has 0 radical (unpaired) electrons. The van der Waals surface area contributed by atoms with Crippen LogP contribution < -0.4 is 40.2 Å². The molecule has 42 heavy (non-hydrogen) atoms. The van der Waals surface area contributed by atoms with Crippen molar-refractivity contribution in [1.82, 2.24) is 4.57 Å². The number of benzene rings is 3. The zero-order valence-electron chi connectivity index (χ0n) is 23.1. The van der Waals surface area contributed by atoms with Crippen LogP contribution in [-0.4, -0.2) is 37.2 Å². The van der Waals surface area contributed by atoms with Crippen LogP contribution in [0.3, 0.4) is 0 Å². The third-order valence-corrected chi connectivity index (χ3v) is 7.58. The maximum absolute atomic E-state index is 14.0. The maximum atomic E-state index is 14.0. The van der Waals surface area contributed by atoms with Gasteiger partial charge < -0.3 is 25.3 Å². The number of amides is 2. The lowest BCUT2D eigenvalue weighted by Crippen LogP contribution is -2.40. The summed E-state index contributed by atoms with van der Waals surface area (Å²) in [4.78, 5) is 43.9. The van der Waals surface area contributed by atoms with Crippen LogP contribution in [0.4, 0.5) is 5.69 Å². The van der Waals surface area contributed by atoms with E-state index >= 15 is 0 Å². The number of anilines is 1. The lowest BCUT2D eigenvalue weighted by atomic mass is 9.94. The fourth-order valence-electron chi connectivity index (χ4n) is 4.64. The molecule has 1 aromatic heterocycles. The normalized spacial score (nSPS) is 14.5. The molecule has 0 spiro atoms. The maximum Gasteiger partial charge on any atom is 0.271 e. The number of allylic oxidation sites excluding steroid dienone is 1. The van der Waals surface area contributed by atoms with Gasteiger partial charge in [0.25, 0.3) is 17.4 Å². The second-order valence-corrected chi connectivity index (χ2v) is 10.3. The van der Waals surface area contributed by atoms with Crippen molar-refractivity contribution in [3.63, 3.8) is 0 Å². The van der Waals surface area contributed by atoms with Crippen molar-refractivity contribution in [2.75, 3.05) is 26.1 Å². The van der Waals surface area contributed by atoms with Crippen LogP contribution in [0.5, 0.6) is 17.2 Å². The number of rotatable bonds is 9. The quantitative estimate of drug-likeness (QED) is 0.311. The second kappa shape index (κ2) is 12.1. The van der Waals surface area contributed by atoms with Crippen molar-refractivity contribution < 1.29 is 23.8 Å². The van der Waals surface area contributed by atoms with Crippen LogP contribution in [-0.2, 0) is 9.59 Å². The molecule has 4 aromatic rings. The number of para-hydroxylation sites is 1. The van der Waals surface area contributed by atoms with E-state index in [9.17, 15) is 14.4 Å². The minimum Gasteiger partial charge on any atom is -0.497 e. The molecule has 1 atom stereocenters. The molecule has 10 nitrogen and oxygen atoms in total. The van der Waals surface area contributed by atoms with E-state index in [-0.39, 0.29) is 18.1 Å². The fraction of sp³-hybridized carbons (Fsp3) is 0.161. The van der Waals surface area contributed by atoms with Crippen molar-refractivity contribution in [3.8, 4) is 17.2 Å². The zero-order valence-corrected chi connectivity index (χ0v) is 23.9. The number of nitrogens with two attached hydrogens (primary N) is 1. The van der Waals surface area contributed by atoms with Crippen molar-refractivity contribution in [2.24, 2.45) is 10.7 Å². The predicted molar refractivity (Wildman–Crippen MR) is 160 cm³/mol. The highest BCUT2D eigenvalue weighted by molar-refractivity contribution is 7.07. The Balaban J connectivity index is 1.63. The third kappa shape index (κ3) is 5.81. The van der Waals surface area contributed by atoms with Gasteiger partial charge in [0.15, 0.2) is 11.4 Å². The van der Waals surface area contributed by atoms with E-state index in [1.165, 1.54) is 23.0 Å². The van der Waals surface area contributed by atoms with E-state index in [1.54, 1.807) is 74.7 Å². The van der Waals surface area contributed by atoms with Gasteiger partial charge in [-0.1, -0.05) is 41.7 Å². The first kappa shape index (κ1) is 28.4. The zero-order chi connectivity index (χ0) is 29.8. The first-order chi connectivity index (χ1) is 20.3. The van der Waals surface area contributed by atoms with Crippen molar-refractivity contribution in [2.45, 2.75) is 13.0 Å². The minimum atomic E-state index is -0.822. The Kier molecular flexibility index (Phi) is 8.21. The van der Waals surface area contributed by atoms with Gasteiger partial charge in [0.05, 0.1) is 30.0 Å². The van der Waals surface area contributed by atoms with E-state index in [4.69, 9.17) is 19.9 Å². The van der Waals surface area contributed by atoms with E-state index in [0.29, 0.717) is 49.1 Å². The lowest BCUT2D eigenvalue weighted by molar-refractivity contribution is -0.120. The number of primary amides is 1. The summed E-state index contributed by atoms with van der Waals surface area (Å²) in [6.07, 6.45) is 1.74. The van der Waals surface area contributed by atoms with Crippen molar-refractivity contribution in [3.05, 3.63) is 115 Å². The van der Waals surface area contributed by atoms with Gasteiger partial charge in [-0.25, -0.2) is 4.99 Å². The molecule has 5 rings (SSSR count). The van der Waals surface area contributed by atoms with Gasteiger partial charge in [0.2, 0.25) is 0 Å². The Morgan fingerprint density at radius 3 is 2.40 bits per heavy atom. The molecule has 0 fully saturated rings. The fourth-order valence-corrected chi connectivity index (χ4v) is 5.68. The molecule has 0 saturated carbocycles. The van der Waals surface area contributed by atoms with Crippen LogP contribution in [0.15, 0.2) is 93.9 Å². The highest BCUT2D eigenvalue weighted by atomic mass is 32.1. The molecule has 0 aliphatic carbocycles. The summed E-state index contributed by atoms with van der Waals surface area (Å²) in [7, 11) is 3.08. The predicted octanol–water partition coefficient (Wildman–Crippen LogP) is 2.76. The molecule has 0 saturated heterocycles. The Bertz CT molecular complexity index is 1860. The number of hydrogen-bond donors (Lipinski definition) is 2. The standard InChI is InChI=1S/C31H28N4O6S/c1-18-27(29(37)34-20-7-5-4-6-8-20)28(23-14-13-22(39-2)16-24(23)40-3)35-30(38)25(42-31(35)33-18)15-19-9-11-21(12-10-19)41-17-26(32)36/h4-16,28H,17H2,1-3H3,(H2,32,36)(H,34,37)/b25-15-/t28-/m1/s1. The SMILES string of the molecule is COc1ccc([C@@H]2C(C(=O)Nc3ccccc3)=C(C)N=c3s/c(=C\c4ccc(OCC(N)=O)cc4)c(=O)n32)c(OC)c1. The third-order valence-electron chi connectivity index (χ3n) is 6.59. The Labute approximate surface area is 245 Å². The number of aromatic nitrogens is 1. The number of carbonyl (C=O) groups excluding carboxylic acids is 2. The molecule has 2 heterocycles. The van der Waals surface area contributed by atoms with Gasteiger partial charge in [-0.3, -0.25) is 19.0 Å². The number of methoxy groups -OCH3 is 2. The molecule has 3 aromatic carbocycles. The van der Waals surface area contributed by atoms with Gasteiger partial charge in [-0.15, -0.1) is 0 Å². The first-order valence-corrected chi connectivity index (χ1v) is 13.7. The largest absolute Gasteiger partial charge is 0.497 e. The summed E-state index contributed by atoms with van der Waals surface area (Å²) >= 11 is 1.22. The average Bonchev–Trinajstić information content (AvgIpc) is 3.29. The summed E-state index contributed by atoms with van der Waals surface area (Å²) in [5, 5.41) is 2.94. The number of hydrogen-bond acceptors (Lipinski definition) is 8. The minimum absolute atomic E-state index is 0.230. The number of ether oxygens (including phenoxy) is 3. The van der Waals surface area contributed by atoms with Crippen LogP contribution >= 0.6 is 11.3 Å². The molecule has 1 aliphatic heterocycles. The number of thiazole rings is 1. The van der Waals surface area contributed by atoms with E-state index in [1.807, 2.05) is 18.2 Å². The van der Waals surface area contributed by atoms with E-state index < -0.39 is 11.9 Å². The Morgan fingerprint density at radius 2 is 1.74 bits per heavy atom. The molecular weight excluding hydrogens is 556 g/mol. The summed E-state index contributed by atoms with van der Waals surface area (Å²) in [5.74, 6) is 0.549. The van der Waals surface area contributed by atoms with Crippen molar-refractivity contribution in [1.29, 1.82) is 0 Å². The molecule has 11 heteroatoms. The average molecular weight is 585 g/mol. The van der Waals surface area contributed by atoms with Crippen LogP contribution in [0.25, 0.3) is 6.08 Å². The molecule has 214 valence electrons. The molecule has 0 bridgehead atoms. The summed E-state index contributed by atoms with van der Waals surface area (Å²) < 4.78 is 18.4. The Morgan fingerprint density at radius 1 is 1.02 bits per heavy atom. The molecule has 2 amide bonds. The van der Waals surface area contributed by atoms with E-state index in [2.05, 4.69) is 10.3 Å². The lowest BCUT2D eigenvalue weighted by Gasteiger charge is -2.26. The van der Waals surface area contributed by atoms with Gasteiger partial charge >= 0.3 is 0 Å². The first-order valence-electron chi connectivity index (χ1n) is 12.9. The van der Waals surface area contributed by atoms with Gasteiger partial charge in [0.1, 0.15) is 23.3 Å². The summed E-state index contributed by atoms with van der Waals surface area (Å²) in [6, 6.07) is 20.4. The number of nitrogens with zero attached hydrogens (tertiary/aromatic N) is 2. The number of nitrogens with one attached hydrogen (secondary N) is 1. The van der Waals surface area contributed by atoms with E-state index in [0.717, 1.165) is 5.56 Å². The van der Waals surface area contributed by atoms with Gasteiger partial charge in [-0.05, 0) is 55.0 Å². The summed E-state index contributed by atoms with van der Waals surface area (Å²) in [5.41, 5.74) is 7.59. The van der Waals surface area contributed by atoms with Crippen LogP contribution in [0.1, 0.15) is 24.1 Å². The highest BCUT2D eigenvalue weighted by Crippen LogP contribution is 2.37. The van der Waals surface area contributed by atoms with Crippen molar-refractivity contribution >= 4 is 34.9 Å². The number of fused-ring (bicyclic) bond motifs is 1. The smallest absolute Gasteiger partial charge is 0.271 e. The highest BCUT2D eigenvalue weighted by Gasteiger charge is 2.34. The van der Waals surface area contributed by atoms with Crippen LogP contribution in [0.2, 0.25) is 0 Å². The molecule has 0 unspecified atom stereocenters. The molecule has 3 N–H and O–H groups in total. The molecular formula is C31H28N4O6S. The van der Waals surface area contributed by atoms with Gasteiger partial charge in [-0.2, -0.15) is 0 Å². The number of carbonyl (C=O) groups is 2.